The first kappa shape index (κ1) is 23.8. The average Bonchev–Trinajstić information content (AvgIpc) is 2.56. The van der Waals surface area contributed by atoms with Gasteiger partial charge in [-0.05, 0) is 46.8 Å². The molecule has 0 saturated carbocycles. The van der Waals surface area contributed by atoms with Crippen LogP contribution in [0.5, 0.6) is 0 Å². The van der Waals surface area contributed by atoms with Crippen LogP contribution in [0.15, 0.2) is 0 Å². The predicted molar refractivity (Wildman–Crippen MR) is 97.0 cm³/mol. The maximum absolute atomic E-state index is 12.3. The van der Waals surface area contributed by atoms with Crippen molar-refractivity contribution in [3.05, 3.63) is 0 Å². The number of nitrogens with one attached hydrogen (secondary N) is 2. The minimum absolute atomic E-state index is 0.0478. The highest BCUT2D eigenvalue weighted by molar-refractivity contribution is 5.91. The minimum Gasteiger partial charge on any atom is -0.467 e. The molecule has 0 aliphatic rings. The second-order valence-corrected chi connectivity index (χ2v) is 6.49. The van der Waals surface area contributed by atoms with Gasteiger partial charge >= 0.3 is 5.97 Å². The highest BCUT2D eigenvalue weighted by Crippen LogP contribution is 2.04. The molecule has 9 heteroatoms. The third-order valence-corrected chi connectivity index (χ3v) is 3.75. The molecule has 0 aromatic carbocycles. The average molecular weight is 372 g/mol. The van der Waals surface area contributed by atoms with Crippen LogP contribution < -0.4 is 16.4 Å². The van der Waals surface area contributed by atoms with E-state index in [1.807, 2.05) is 14.1 Å². The largest absolute Gasteiger partial charge is 0.467 e. The summed E-state index contributed by atoms with van der Waals surface area (Å²) in [5.74, 6) is -1.99. The van der Waals surface area contributed by atoms with Gasteiger partial charge in [-0.3, -0.25) is 14.4 Å². The first-order valence-corrected chi connectivity index (χ1v) is 8.78. The molecule has 0 aromatic heterocycles. The lowest BCUT2D eigenvalue weighted by molar-refractivity contribution is -0.144. The van der Waals surface area contributed by atoms with Crippen LogP contribution >= 0.6 is 0 Å². The molecule has 0 saturated heterocycles. The summed E-state index contributed by atoms with van der Waals surface area (Å²) in [5, 5.41) is 5.08. The summed E-state index contributed by atoms with van der Waals surface area (Å²) >= 11 is 0. The van der Waals surface area contributed by atoms with Crippen molar-refractivity contribution in [1.29, 1.82) is 0 Å². The van der Waals surface area contributed by atoms with Crippen molar-refractivity contribution in [1.82, 2.24) is 15.5 Å². The van der Waals surface area contributed by atoms with Gasteiger partial charge < -0.3 is 26.0 Å². The van der Waals surface area contributed by atoms with Gasteiger partial charge in [0.15, 0.2) is 0 Å². The Hall–Kier alpha value is -2.16. The number of unbranched alkanes of at least 4 members (excludes halogenated alkanes) is 2. The number of nitrogens with two attached hydrogens (primary N) is 1. The van der Waals surface area contributed by atoms with Crippen LogP contribution in [0.2, 0.25) is 0 Å². The lowest BCUT2D eigenvalue weighted by Crippen LogP contribution is -2.51. The van der Waals surface area contributed by atoms with Crippen molar-refractivity contribution in [2.45, 2.75) is 57.5 Å². The van der Waals surface area contributed by atoms with Crippen LogP contribution in [-0.4, -0.2) is 68.4 Å². The topological polar surface area (TPSA) is 131 Å². The Labute approximate surface area is 155 Å². The summed E-state index contributed by atoms with van der Waals surface area (Å²) < 4.78 is 4.55. The Bertz CT molecular complexity index is 482. The fraction of sp³-hybridized carbons (Fsp3) is 0.765. The first-order chi connectivity index (χ1) is 12.2. The molecule has 0 rings (SSSR count). The van der Waals surface area contributed by atoms with E-state index in [9.17, 15) is 19.2 Å². The quantitative estimate of drug-likeness (QED) is 0.296. The van der Waals surface area contributed by atoms with Gasteiger partial charge in [-0.15, -0.1) is 0 Å². The van der Waals surface area contributed by atoms with E-state index in [1.165, 1.54) is 14.0 Å². The van der Waals surface area contributed by atoms with Crippen molar-refractivity contribution in [2.75, 3.05) is 27.7 Å². The van der Waals surface area contributed by atoms with Crippen LogP contribution in [0.25, 0.3) is 0 Å². The second-order valence-electron chi connectivity index (χ2n) is 6.49. The van der Waals surface area contributed by atoms with Gasteiger partial charge in [0.05, 0.1) is 7.11 Å². The number of primary amides is 1. The van der Waals surface area contributed by atoms with E-state index in [0.29, 0.717) is 12.8 Å². The van der Waals surface area contributed by atoms with Gasteiger partial charge in [0.1, 0.15) is 12.1 Å². The molecule has 0 unspecified atom stereocenters. The third kappa shape index (κ3) is 11.4. The van der Waals surface area contributed by atoms with Gasteiger partial charge in [-0.1, -0.05) is 6.42 Å². The number of rotatable bonds is 13. The molecule has 0 heterocycles. The molecule has 3 amide bonds. The van der Waals surface area contributed by atoms with Crippen LogP contribution in [0.1, 0.15) is 45.4 Å². The van der Waals surface area contributed by atoms with Crippen molar-refractivity contribution in [3.8, 4) is 0 Å². The molecule has 0 aromatic rings. The fourth-order valence-corrected chi connectivity index (χ4v) is 2.26. The van der Waals surface area contributed by atoms with Crippen molar-refractivity contribution >= 4 is 23.7 Å². The van der Waals surface area contributed by atoms with Crippen LogP contribution in [-0.2, 0) is 23.9 Å². The first-order valence-electron chi connectivity index (χ1n) is 8.78. The van der Waals surface area contributed by atoms with Gasteiger partial charge in [0, 0.05) is 12.8 Å². The molecule has 150 valence electrons. The Morgan fingerprint density at radius 1 is 1.04 bits per heavy atom. The number of hydrogen-bond donors (Lipinski definition) is 3. The van der Waals surface area contributed by atoms with E-state index in [4.69, 9.17) is 5.73 Å². The normalized spacial score (nSPS) is 13.0. The van der Waals surface area contributed by atoms with Crippen LogP contribution in [0.3, 0.4) is 0 Å². The van der Waals surface area contributed by atoms with E-state index >= 15 is 0 Å². The standard InChI is InChI=1S/C17H32N4O5/c1-12(17(25)26-4)19-16(24)13(9-10-14(18)22)20-15(23)8-6-5-7-11-21(2)3/h12-13H,5-11H2,1-4H3,(H2,18,22)(H,19,24)(H,20,23)/t12-,13+/m0/s1. The van der Waals surface area contributed by atoms with E-state index in [2.05, 4.69) is 20.3 Å². The van der Waals surface area contributed by atoms with Crippen molar-refractivity contribution in [3.63, 3.8) is 0 Å². The molecule has 26 heavy (non-hydrogen) atoms. The summed E-state index contributed by atoms with van der Waals surface area (Å²) in [6.07, 6.45) is 2.92. The Morgan fingerprint density at radius 3 is 2.23 bits per heavy atom. The van der Waals surface area contributed by atoms with Gasteiger partial charge in [0.2, 0.25) is 17.7 Å². The summed E-state index contributed by atoms with van der Waals surface area (Å²) in [4.78, 5) is 48.8. The number of carbonyl (C=O) groups is 4. The highest BCUT2D eigenvalue weighted by atomic mass is 16.5. The second kappa shape index (κ2) is 13.1. The van der Waals surface area contributed by atoms with Gasteiger partial charge in [-0.2, -0.15) is 0 Å². The highest BCUT2D eigenvalue weighted by Gasteiger charge is 2.24. The molecule has 0 fully saturated rings. The number of carbonyl (C=O) groups excluding carboxylic acids is 4. The molecule has 0 bridgehead atoms. The number of methoxy groups -OCH3 is 1. The predicted octanol–water partition coefficient (Wildman–Crippen LogP) is -0.464. The minimum atomic E-state index is -0.927. The number of hydrogen-bond acceptors (Lipinski definition) is 6. The molecule has 0 spiro atoms. The number of ether oxygens (including phenoxy) is 1. The lowest BCUT2D eigenvalue weighted by atomic mass is 10.1. The number of amides is 3. The molecule has 0 aliphatic carbocycles. The van der Waals surface area contributed by atoms with E-state index in [0.717, 1.165) is 19.4 Å². The molecular formula is C17H32N4O5. The van der Waals surface area contributed by atoms with Crippen LogP contribution in [0.4, 0.5) is 0 Å². The summed E-state index contributed by atoms with van der Waals surface area (Å²) in [6, 6.07) is -1.78. The number of nitrogens with zero attached hydrogens (tertiary/aromatic N) is 1. The molecule has 0 aliphatic heterocycles. The monoisotopic (exact) mass is 372 g/mol. The Morgan fingerprint density at radius 2 is 1.69 bits per heavy atom. The maximum Gasteiger partial charge on any atom is 0.328 e. The van der Waals surface area contributed by atoms with E-state index in [-0.39, 0.29) is 18.7 Å². The summed E-state index contributed by atoms with van der Waals surface area (Å²) in [6.45, 7) is 2.43. The Kier molecular flexibility index (Phi) is 12.0. The van der Waals surface area contributed by atoms with E-state index in [1.54, 1.807) is 0 Å². The van der Waals surface area contributed by atoms with E-state index < -0.39 is 29.9 Å². The fourth-order valence-electron chi connectivity index (χ4n) is 2.26. The van der Waals surface area contributed by atoms with Gasteiger partial charge in [-0.25, -0.2) is 4.79 Å². The molecule has 9 nitrogen and oxygen atoms in total. The number of esters is 1. The lowest BCUT2D eigenvalue weighted by Gasteiger charge is -2.20. The maximum atomic E-state index is 12.3. The third-order valence-electron chi connectivity index (χ3n) is 3.75. The summed E-state index contributed by atoms with van der Waals surface area (Å²) in [7, 11) is 5.20. The Balaban J connectivity index is 4.52. The zero-order chi connectivity index (χ0) is 20.1. The van der Waals surface area contributed by atoms with Gasteiger partial charge in [0.25, 0.3) is 0 Å². The smallest absolute Gasteiger partial charge is 0.328 e. The summed E-state index contributed by atoms with van der Waals surface area (Å²) in [5.41, 5.74) is 5.12. The SMILES string of the molecule is COC(=O)[C@H](C)NC(=O)[C@@H](CCC(N)=O)NC(=O)CCCCCN(C)C. The molecular weight excluding hydrogens is 340 g/mol. The molecule has 2 atom stereocenters. The molecule has 0 radical (unpaired) electrons. The zero-order valence-corrected chi connectivity index (χ0v) is 16.2. The zero-order valence-electron chi connectivity index (χ0n) is 16.2. The van der Waals surface area contributed by atoms with Crippen LogP contribution in [0, 0.1) is 0 Å². The van der Waals surface area contributed by atoms with Crippen molar-refractivity contribution < 1.29 is 23.9 Å². The van der Waals surface area contributed by atoms with Crippen molar-refractivity contribution in [2.24, 2.45) is 5.73 Å². The molecule has 4 N–H and O–H groups in total.